The van der Waals surface area contributed by atoms with Gasteiger partial charge in [0.15, 0.2) is 0 Å². The van der Waals surface area contributed by atoms with Crippen molar-refractivity contribution in [3.63, 3.8) is 0 Å². The Morgan fingerprint density at radius 1 is 1.19 bits per heavy atom. The van der Waals surface area contributed by atoms with Crippen molar-refractivity contribution in [2.24, 2.45) is 5.92 Å². The number of hydrogen-bond donors (Lipinski definition) is 1. The number of alkyl halides is 3. The van der Waals surface area contributed by atoms with Crippen LogP contribution in [0.2, 0.25) is 0 Å². The molecule has 140 valence electrons. The zero-order valence-corrected chi connectivity index (χ0v) is 14.3. The fraction of sp³-hybridized carbons (Fsp3) is 0.444. The molecule has 0 bridgehead atoms. The molecule has 26 heavy (non-hydrogen) atoms. The molecule has 1 N–H and O–H groups in total. The summed E-state index contributed by atoms with van der Waals surface area (Å²) in [6.45, 7) is 1.28. The van der Waals surface area contributed by atoms with E-state index >= 15 is 0 Å². The molecule has 2 aromatic heterocycles. The predicted molar refractivity (Wildman–Crippen MR) is 89.9 cm³/mol. The summed E-state index contributed by atoms with van der Waals surface area (Å²) < 4.78 is 43.1. The van der Waals surface area contributed by atoms with Gasteiger partial charge in [0.2, 0.25) is 0 Å². The van der Waals surface area contributed by atoms with Crippen LogP contribution in [0.25, 0.3) is 0 Å². The van der Waals surface area contributed by atoms with Gasteiger partial charge in [-0.1, -0.05) is 0 Å². The number of pyridine rings is 2. The highest BCUT2D eigenvalue weighted by Gasteiger charge is 2.33. The SMILES string of the molecule is COc1cnccc1C(O)C1CCN(c2ccc(C(F)(F)F)nc2)CC1. The molecule has 3 heterocycles. The normalized spacial score (nSPS) is 17.2. The van der Waals surface area contributed by atoms with Crippen LogP contribution in [0.1, 0.15) is 30.2 Å². The van der Waals surface area contributed by atoms with E-state index in [2.05, 4.69) is 9.97 Å². The number of methoxy groups -OCH3 is 1. The van der Waals surface area contributed by atoms with Crippen molar-refractivity contribution in [1.82, 2.24) is 9.97 Å². The van der Waals surface area contributed by atoms with Crippen LogP contribution in [-0.4, -0.2) is 35.3 Å². The van der Waals surface area contributed by atoms with Gasteiger partial charge in [0, 0.05) is 24.8 Å². The van der Waals surface area contributed by atoms with Gasteiger partial charge in [0.1, 0.15) is 11.4 Å². The number of aliphatic hydroxyl groups excluding tert-OH is 1. The van der Waals surface area contributed by atoms with Gasteiger partial charge in [-0.05, 0) is 37.0 Å². The van der Waals surface area contributed by atoms with Crippen LogP contribution >= 0.6 is 0 Å². The molecule has 1 unspecified atom stereocenters. The quantitative estimate of drug-likeness (QED) is 0.897. The Kier molecular flexibility index (Phi) is 5.31. The summed E-state index contributed by atoms with van der Waals surface area (Å²) in [5, 5.41) is 10.7. The second-order valence-electron chi connectivity index (χ2n) is 6.29. The molecule has 8 heteroatoms. The molecule has 1 fully saturated rings. The molecule has 0 spiro atoms. The molecular weight excluding hydrogens is 347 g/mol. The third kappa shape index (κ3) is 3.90. The van der Waals surface area contributed by atoms with Crippen LogP contribution in [0.4, 0.5) is 18.9 Å². The summed E-state index contributed by atoms with van der Waals surface area (Å²) in [5.41, 5.74) is 0.473. The van der Waals surface area contributed by atoms with Crippen molar-refractivity contribution in [2.75, 3.05) is 25.1 Å². The molecule has 3 rings (SSSR count). The topological polar surface area (TPSA) is 58.5 Å². The summed E-state index contributed by atoms with van der Waals surface area (Å²) >= 11 is 0. The minimum Gasteiger partial charge on any atom is -0.495 e. The highest BCUT2D eigenvalue weighted by Crippen LogP contribution is 2.36. The van der Waals surface area contributed by atoms with Gasteiger partial charge >= 0.3 is 6.18 Å². The van der Waals surface area contributed by atoms with E-state index in [1.54, 1.807) is 18.5 Å². The summed E-state index contributed by atoms with van der Waals surface area (Å²) in [6.07, 6.45) is 0.776. The molecule has 1 saturated heterocycles. The number of hydrogen-bond acceptors (Lipinski definition) is 5. The van der Waals surface area contributed by atoms with Gasteiger partial charge in [-0.15, -0.1) is 0 Å². The van der Waals surface area contributed by atoms with Gasteiger partial charge in [-0.2, -0.15) is 13.2 Å². The first kappa shape index (κ1) is 18.4. The summed E-state index contributed by atoms with van der Waals surface area (Å²) in [4.78, 5) is 9.48. The summed E-state index contributed by atoms with van der Waals surface area (Å²) in [5.74, 6) is 0.597. The van der Waals surface area contributed by atoms with Gasteiger partial charge in [0.05, 0.1) is 31.3 Å². The van der Waals surface area contributed by atoms with Crippen molar-refractivity contribution >= 4 is 5.69 Å². The number of aromatic nitrogens is 2. The molecule has 0 radical (unpaired) electrons. The number of piperidine rings is 1. The lowest BCUT2D eigenvalue weighted by atomic mass is 9.87. The van der Waals surface area contributed by atoms with E-state index in [1.165, 1.54) is 19.4 Å². The van der Waals surface area contributed by atoms with Gasteiger partial charge in [-0.25, -0.2) is 4.98 Å². The summed E-state index contributed by atoms with van der Waals surface area (Å²) in [6, 6.07) is 4.19. The van der Waals surface area contributed by atoms with Crippen LogP contribution in [-0.2, 0) is 6.18 Å². The van der Waals surface area contributed by atoms with Crippen LogP contribution < -0.4 is 9.64 Å². The minimum absolute atomic E-state index is 0.0463. The number of anilines is 1. The Balaban J connectivity index is 1.64. The highest BCUT2D eigenvalue weighted by molar-refractivity contribution is 5.45. The molecule has 0 amide bonds. The first-order valence-corrected chi connectivity index (χ1v) is 8.34. The smallest absolute Gasteiger partial charge is 0.433 e. The van der Waals surface area contributed by atoms with Crippen LogP contribution in [0.5, 0.6) is 5.75 Å². The van der Waals surface area contributed by atoms with Crippen molar-refractivity contribution in [3.8, 4) is 5.75 Å². The maximum atomic E-state index is 12.6. The molecule has 1 aliphatic heterocycles. The fourth-order valence-corrected chi connectivity index (χ4v) is 3.27. The lowest BCUT2D eigenvalue weighted by Gasteiger charge is -2.35. The van der Waals surface area contributed by atoms with Gasteiger partial charge < -0.3 is 14.7 Å². The maximum Gasteiger partial charge on any atom is 0.433 e. The largest absolute Gasteiger partial charge is 0.495 e. The van der Waals surface area contributed by atoms with E-state index in [0.29, 0.717) is 42.9 Å². The summed E-state index contributed by atoms with van der Waals surface area (Å²) in [7, 11) is 1.54. The van der Waals surface area contributed by atoms with Crippen molar-refractivity contribution in [1.29, 1.82) is 0 Å². The Hall–Kier alpha value is -2.35. The molecule has 1 aliphatic rings. The Bertz CT molecular complexity index is 729. The van der Waals surface area contributed by atoms with E-state index in [-0.39, 0.29) is 5.92 Å². The van der Waals surface area contributed by atoms with Crippen molar-refractivity contribution < 1.29 is 23.0 Å². The minimum atomic E-state index is -4.43. The van der Waals surface area contributed by atoms with Crippen LogP contribution in [0.15, 0.2) is 36.8 Å². The lowest BCUT2D eigenvalue weighted by molar-refractivity contribution is -0.141. The maximum absolute atomic E-state index is 12.6. The third-order valence-electron chi connectivity index (χ3n) is 4.74. The molecule has 1 atom stereocenters. The Morgan fingerprint density at radius 2 is 1.92 bits per heavy atom. The molecule has 0 aromatic carbocycles. The molecule has 5 nitrogen and oxygen atoms in total. The monoisotopic (exact) mass is 367 g/mol. The van der Waals surface area contributed by atoms with E-state index in [0.717, 1.165) is 6.07 Å². The highest BCUT2D eigenvalue weighted by atomic mass is 19.4. The number of ether oxygens (including phenoxy) is 1. The molecular formula is C18H20F3N3O2. The van der Waals surface area contributed by atoms with E-state index < -0.39 is 18.0 Å². The fourth-order valence-electron chi connectivity index (χ4n) is 3.27. The average Bonchev–Trinajstić information content (AvgIpc) is 2.67. The Labute approximate surface area is 149 Å². The van der Waals surface area contributed by atoms with E-state index in [9.17, 15) is 18.3 Å². The predicted octanol–water partition coefficient (Wildman–Crippen LogP) is 3.45. The zero-order valence-electron chi connectivity index (χ0n) is 14.3. The average molecular weight is 367 g/mol. The van der Waals surface area contributed by atoms with E-state index in [1.807, 2.05) is 4.90 Å². The first-order valence-electron chi connectivity index (χ1n) is 8.34. The Morgan fingerprint density at radius 3 is 2.50 bits per heavy atom. The number of halogens is 3. The number of rotatable bonds is 4. The van der Waals surface area contributed by atoms with Gasteiger partial charge in [-0.3, -0.25) is 4.98 Å². The van der Waals surface area contributed by atoms with Crippen LogP contribution in [0, 0.1) is 5.92 Å². The second kappa shape index (κ2) is 7.49. The standard InChI is InChI=1S/C18H20F3N3O2/c1-26-15-11-22-7-4-14(15)17(25)12-5-8-24(9-6-12)13-2-3-16(23-10-13)18(19,20)21/h2-4,7,10-12,17,25H,5-6,8-9H2,1H3. The zero-order chi connectivity index (χ0) is 18.7. The lowest BCUT2D eigenvalue weighted by Crippen LogP contribution is -2.35. The third-order valence-corrected chi connectivity index (χ3v) is 4.74. The molecule has 2 aromatic rings. The molecule has 0 saturated carbocycles. The van der Waals surface area contributed by atoms with Crippen LogP contribution in [0.3, 0.4) is 0 Å². The number of nitrogens with zero attached hydrogens (tertiary/aromatic N) is 3. The second-order valence-corrected chi connectivity index (χ2v) is 6.29. The van der Waals surface area contributed by atoms with E-state index in [4.69, 9.17) is 4.74 Å². The molecule has 0 aliphatic carbocycles. The van der Waals surface area contributed by atoms with Crippen molar-refractivity contribution in [2.45, 2.75) is 25.1 Å². The first-order chi connectivity index (χ1) is 12.4. The van der Waals surface area contributed by atoms with Crippen molar-refractivity contribution in [3.05, 3.63) is 48.0 Å². The number of aliphatic hydroxyl groups is 1. The van der Waals surface area contributed by atoms with Gasteiger partial charge in [0.25, 0.3) is 0 Å².